The molecule has 4 saturated heterocycles. The van der Waals surface area contributed by atoms with Crippen molar-refractivity contribution in [1.29, 1.82) is 0 Å². The van der Waals surface area contributed by atoms with Crippen molar-refractivity contribution in [2.75, 3.05) is 39.3 Å². The van der Waals surface area contributed by atoms with Crippen LogP contribution in [0.1, 0.15) is 25.7 Å². The summed E-state index contributed by atoms with van der Waals surface area (Å²) < 4.78 is 0. The Bertz CT molecular complexity index is 283. The van der Waals surface area contributed by atoms with E-state index in [1.165, 1.54) is 0 Å². The summed E-state index contributed by atoms with van der Waals surface area (Å²) in [5.41, 5.74) is -0.914. The molecule has 0 aromatic carbocycles. The first-order valence-corrected chi connectivity index (χ1v) is 6.97. The predicted octanol–water partition coefficient (Wildman–Crippen LogP) is -0.195. The second-order valence-electron chi connectivity index (χ2n) is 6.15. The van der Waals surface area contributed by atoms with Crippen LogP contribution in [0.2, 0.25) is 0 Å². The van der Waals surface area contributed by atoms with Gasteiger partial charge in [0.15, 0.2) is 0 Å². The Balaban J connectivity index is 1.90. The first-order valence-electron chi connectivity index (χ1n) is 6.97. The second kappa shape index (κ2) is 4.19. The molecule has 2 bridgehead atoms. The van der Waals surface area contributed by atoms with Gasteiger partial charge in [-0.2, -0.15) is 0 Å². The van der Waals surface area contributed by atoms with E-state index in [1.54, 1.807) is 0 Å². The molecule has 0 radical (unpaired) electrons. The molecule has 0 aliphatic carbocycles. The van der Waals surface area contributed by atoms with Crippen molar-refractivity contribution in [3.8, 4) is 0 Å². The Labute approximate surface area is 103 Å². The zero-order valence-corrected chi connectivity index (χ0v) is 10.5. The predicted molar refractivity (Wildman–Crippen MR) is 65.7 cm³/mol. The largest absolute Gasteiger partial charge is 0.396 e. The molecule has 4 aliphatic heterocycles. The van der Waals surface area contributed by atoms with Crippen molar-refractivity contribution < 1.29 is 10.2 Å². The van der Waals surface area contributed by atoms with Crippen molar-refractivity contribution in [3.63, 3.8) is 0 Å². The van der Waals surface area contributed by atoms with Gasteiger partial charge >= 0.3 is 0 Å². The summed E-state index contributed by atoms with van der Waals surface area (Å²) in [5, 5.41) is 24.3. The number of piperidine rings is 4. The topological polar surface area (TPSA) is 55.7 Å². The van der Waals surface area contributed by atoms with E-state index >= 15 is 0 Å². The molecule has 3 N–H and O–H groups in total. The highest BCUT2D eigenvalue weighted by molar-refractivity contribution is 5.09. The van der Waals surface area contributed by atoms with Gasteiger partial charge in [-0.25, -0.2) is 0 Å². The molecule has 98 valence electrons. The van der Waals surface area contributed by atoms with E-state index in [4.69, 9.17) is 0 Å². The van der Waals surface area contributed by atoms with Crippen LogP contribution in [0.15, 0.2) is 0 Å². The molecule has 4 fully saturated rings. The molecule has 0 aromatic rings. The van der Waals surface area contributed by atoms with Crippen molar-refractivity contribution in [3.05, 3.63) is 0 Å². The highest BCUT2D eigenvalue weighted by atomic mass is 16.3. The van der Waals surface area contributed by atoms with Gasteiger partial charge in [-0.05, 0) is 57.8 Å². The van der Waals surface area contributed by atoms with Gasteiger partial charge in [0.25, 0.3) is 0 Å². The second-order valence-corrected chi connectivity index (χ2v) is 6.15. The molecule has 4 heteroatoms. The van der Waals surface area contributed by atoms with Crippen LogP contribution < -0.4 is 5.32 Å². The van der Waals surface area contributed by atoms with E-state index in [0.29, 0.717) is 5.92 Å². The molecule has 4 aliphatic rings. The molecule has 0 spiro atoms. The number of nitrogens with one attached hydrogen (secondary N) is 1. The van der Waals surface area contributed by atoms with Gasteiger partial charge in [-0.1, -0.05) is 0 Å². The number of fused-ring (bicyclic) bond motifs is 3. The number of nitrogens with zero attached hydrogens (tertiary/aromatic N) is 1. The van der Waals surface area contributed by atoms with E-state index in [1.807, 2.05) is 0 Å². The van der Waals surface area contributed by atoms with Crippen molar-refractivity contribution >= 4 is 0 Å². The molecular formula is C13H24N2O2. The minimum atomic E-state index is -0.656. The smallest absolute Gasteiger partial charge is 0.0764 e. The maximum absolute atomic E-state index is 11.0. The number of aliphatic hydroxyl groups is 2. The van der Waals surface area contributed by atoms with Gasteiger partial charge in [-0.3, -0.25) is 0 Å². The van der Waals surface area contributed by atoms with Gasteiger partial charge < -0.3 is 20.4 Å². The lowest BCUT2D eigenvalue weighted by Crippen LogP contribution is -2.68. The third-order valence-electron chi connectivity index (χ3n) is 5.51. The Morgan fingerprint density at radius 3 is 2.29 bits per heavy atom. The van der Waals surface area contributed by atoms with Crippen molar-refractivity contribution in [2.24, 2.45) is 11.3 Å². The number of aliphatic hydroxyl groups excluding tert-OH is 1. The van der Waals surface area contributed by atoms with Gasteiger partial charge in [0.1, 0.15) is 0 Å². The van der Waals surface area contributed by atoms with E-state index in [2.05, 4.69) is 10.2 Å². The lowest BCUT2D eigenvalue weighted by atomic mass is 9.56. The molecule has 4 rings (SSSR count). The summed E-state index contributed by atoms with van der Waals surface area (Å²) in [6.07, 6.45) is 3.88. The monoisotopic (exact) mass is 240 g/mol. The van der Waals surface area contributed by atoms with Gasteiger partial charge in [0.2, 0.25) is 0 Å². The summed E-state index contributed by atoms with van der Waals surface area (Å²) in [4.78, 5) is 2.43. The molecule has 0 aromatic heterocycles. The molecule has 4 nitrogen and oxygen atoms in total. The van der Waals surface area contributed by atoms with Gasteiger partial charge in [0, 0.05) is 12.0 Å². The lowest BCUT2D eigenvalue weighted by molar-refractivity contribution is -0.198. The highest BCUT2D eigenvalue weighted by Gasteiger charge is 2.58. The minimum Gasteiger partial charge on any atom is -0.396 e. The molecule has 0 saturated carbocycles. The fraction of sp³-hybridized carbons (Fsp3) is 1.00. The Morgan fingerprint density at radius 2 is 1.82 bits per heavy atom. The van der Waals surface area contributed by atoms with E-state index in [-0.39, 0.29) is 12.0 Å². The summed E-state index contributed by atoms with van der Waals surface area (Å²) in [6.45, 7) is 5.10. The molecule has 17 heavy (non-hydrogen) atoms. The summed E-state index contributed by atoms with van der Waals surface area (Å²) in [5.74, 6) is 0.514. The lowest BCUT2D eigenvalue weighted by Gasteiger charge is -2.60. The average Bonchev–Trinajstić information content (AvgIpc) is 2.40. The summed E-state index contributed by atoms with van der Waals surface area (Å²) in [6, 6.07) is 0. The van der Waals surface area contributed by atoms with Crippen LogP contribution in [0.5, 0.6) is 0 Å². The molecule has 0 amide bonds. The van der Waals surface area contributed by atoms with Crippen LogP contribution in [0.25, 0.3) is 0 Å². The van der Waals surface area contributed by atoms with Gasteiger partial charge in [-0.15, -0.1) is 0 Å². The van der Waals surface area contributed by atoms with E-state index < -0.39 is 5.60 Å². The summed E-state index contributed by atoms with van der Waals surface area (Å²) >= 11 is 0. The number of hydrogen-bond acceptors (Lipinski definition) is 4. The minimum absolute atomic E-state index is 0.144. The third-order valence-corrected chi connectivity index (χ3v) is 5.51. The quantitative estimate of drug-likeness (QED) is 0.626. The zero-order valence-electron chi connectivity index (χ0n) is 10.5. The average molecular weight is 240 g/mol. The van der Waals surface area contributed by atoms with E-state index in [0.717, 1.165) is 58.4 Å². The number of rotatable bonds is 2. The van der Waals surface area contributed by atoms with Crippen molar-refractivity contribution in [1.82, 2.24) is 10.2 Å². The Hall–Kier alpha value is -0.160. The maximum Gasteiger partial charge on any atom is 0.0764 e. The maximum atomic E-state index is 11.0. The fourth-order valence-corrected chi connectivity index (χ4v) is 4.36. The fourth-order valence-electron chi connectivity index (χ4n) is 4.36. The first kappa shape index (κ1) is 11.9. The zero-order chi connectivity index (χ0) is 11.9. The molecule has 4 heterocycles. The highest BCUT2D eigenvalue weighted by Crippen LogP contribution is 2.51. The number of hydrogen-bond donors (Lipinski definition) is 3. The van der Waals surface area contributed by atoms with Crippen molar-refractivity contribution in [2.45, 2.75) is 31.3 Å². The van der Waals surface area contributed by atoms with Crippen LogP contribution in [0, 0.1) is 11.3 Å². The van der Waals surface area contributed by atoms with Gasteiger partial charge in [0.05, 0.1) is 12.2 Å². The van der Waals surface area contributed by atoms with Crippen LogP contribution in [0.3, 0.4) is 0 Å². The van der Waals surface area contributed by atoms with Crippen LogP contribution >= 0.6 is 0 Å². The third kappa shape index (κ3) is 1.65. The Kier molecular flexibility index (Phi) is 2.94. The van der Waals surface area contributed by atoms with Crippen LogP contribution in [-0.4, -0.2) is 60.0 Å². The SMILES string of the molecule is OCC1(C2(O)CCNCC2)CN2CCC1CC2. The van der Waals surface area contributed by atoms with Crippen LogP contribution in [-0.2, 0) is 0 Å². The van der Waals surface area contributed by atoms with Crippen LogP contribution in [0.4, 0.5) is 0 Å². The Morgan fingerprint density at radius 1 is 1.18 bits per heavy atom. The normalized spacial score (nSPS) is 44.8. The molecule has 1 unspecified atom stereocenters. The standard InChI is InChI=1S/C13H24N2O2/c16-10-12(13(17)3-5-14-6-4-13)9-15-7-1-11(12)2-8-15/h11,14,16-17H,1-10H2. The first-order chi connectivity index (χ1) is 8.20. The molecule has 1 atom stereocenters. The van der Waals surface area contributed by atoms with E-state index in [9.17, 15) is 10.2 Å². The summed E-state index contributed by atoms with van der Waals surface area (Å²) in [7, 11) is 0. The molecular weight excluding hydrogens is 216 g/mol.